The lowest BCUT2D eigenvalue weighted by Gasteiger charge is -2.23. The Labute approximate surface area is 209 Å². The minimum Gasteiger partial charge on any atom is -0.477 e. The summed E-state index contributed by atoms with van der Waals surface area (Å²) in [6, 6.07) is 2.06. The summed E-state index contributed by atoms with van der Waals surface area (Å²) in [6.45, 7) is 4.57. The molecule has 1 aliphatic carbocycles. The normalized spacial score (nSPS) is 17.3. The van der Waals surface area contributed by atoms with Crippen molar-refractivity contribution in [3.63, 3.8) is 0 Å². The summed E-state index contributed by atoms with van der Waals surface area (Å²) < 4.78 is 41.5. The number of hydrogen-bond acceptors (Lipinski definition) is 8. The van der Waals surface area contributed by atoms with E-state index in [1.807, 2.05) is 14.0 Å². The third-order valence-corrected chi connectivity index (χ3v) is 8.35. The highest BCUT2D eigenvalue weighted by molar-refractivity contribution is 7.91. The lowest BCUT2D eigenvalue weighted by molar-refractivity contribution is 0.0619. The van der Waals surface area contributed by atoms with Crippen molar-refractivity contribution >= 4 is 31.8 Å². The molecule has 0 amide bonds. The van der Waals surface area contributed by atoms with Crippen LogP contribution in [0.1, 0.15) is 31.4 Å². The first-order chi connectivity index (χ1) is 17.3. The molecule has 5 heterocycles. The van der Waals surface area contributed by atoms with Crippen molar-refractivity contribution in [3.05, 3.63) is 24.2 Å². The molecule has 4 aromatic rings. The lowest BCUT2D eigenvalue weighted by Crippen LogP contribution is -2.20. The van der Waals surface area contributed by atoms with Gasteiger partial charge in [-0.15, -0.1) is 5.10 Å². The molecule has 1 aliphatic heterocycles. The fourth-order valence-corrected chi connectivity index (χ4v) is 5.95. The van der Waals surface area contributed by atoms with E-state index in [4.69, 9.17) is 14.5 Å². The smallest absolute Gasteiger partial charge is 0.225 e. The van der Waals surface area contributed by atoms with E-state index in [1.54, 1.807) is 10.9 Å². The van der Waals surface area contributed by atoms with Gasteiger partial charge < -0.3 is 14.0 Å². The van der Waals surface area contributed by atoms with Gasteiger partial charge in [0.25, 0.3) is 0 Å². The highest BCUT2D eigenvalue weighted by Gasteiger charge is 2.29. The molecule has 0 atom stereocenters. The zero-order chi connectivity index (χ0) is 25.0. The summed E-state index contributed by atoms with van der Waals surface area (Å²) in [6.07, 6.45) is 8.60. The van der Waals surface area contributed by atoms with Crippen molar-refractivity contribution in [1.82, 2.24) is 29.5 Å². The molecule has 2 aliphatic rings. The first-order valence-electron chi connectivity index (χ1n) is 12.4. The molecule has 11 heteroatoms. The molecule has 0 radical (unpaired) electrons. The number of sulfone groups is 1. The zero-order valence-electron chi connectivity index (χ0n) is 20.8. The Balaban J connectivity index is 1.63. The van der Waals surface area contributed by atoms with E-state index in [0.717, 1.165) is 48.2 Å². The predicted molar refractivity (Wildman–Crippen MR) is 135 cm³/mol. The highest BCUT2D eigenvalue weighted by Crippen LogP contribution is 2.40. The standard InChI is InChI=1S/C25H30N6O4S/c1-15-23(30(2)29-28-15)18-10-19-22(26-11-18)21-24(31(19)13-16-6-8-34-9-7-16)20(36(3,32)33)12-27-25(21)35-14-17-4-5-17/h10-12,16-17H,4-9,13-14H2,1-3H3. The maximum absolute atomic E-state index is 12.9. The van der Waals surface area contributed by atoms with Gasteiger partial charge in [0.15, 0.2) is 9.84 Å². The van der Waals surface area contributed by atoms with Crippen LogP contribution in [0.5, 0.6) is 5.88 Å². The number of aromatic nitrogens is 6. The number of nitrogens with zero attached hydrogens (tertiary/aromatic N) is 6. The van der Waals surface area contributed by atoms with E-state index in [1.165, 1.54) is 12.5 Å². The van der Waals surface area contributed by atoms with Gasteiger partial charge in [-0.3, -0.25) is 4.98 Å². The van der Waals surface area contributed by atoms with Crippen molar-refractivity contribution in [2.24, 2.45) is 18.9 Å². The Bertz CT molecular complexity index is 1550. The van der Waals surface area contributed by atoms with Crippen LogP contribution in [0, 0.1) is 18.8 Å². The molecular formula is C25H30N6O4S. The Morgan fingerprint density at radius 2 is 1.89 bits per heavy atom. The maximum atomic E-state index is 12.9. The molecule has 1 saturated heterocycles. The van der Waals surface area contributed by atoms with Crippen molar-refractivity contribution in [2.45, 2.75) is 44.0 Å². The topological polar surface area (TPSA) is 114 Å². The van der Waals surface area contributed by atoms with Gasteiger partial charge in [-0.1, -0.05) is 5.21 Å². The SMILES string of the molecule is Cc1nnn(C)c1-c1cnc2c3c(OCC4CC4)ncc(S(C)(=O)=O)c3n(CC3CCOCC3)c2c1. The van der Waals surface area contributed by atoms with Gasteiger partial charge in [-0.05, 0) is 50.5 Å². The van der Waals surface area contributed by atoms with Crippen molar-refractivity contribution < 1.29 is 17.9 Å². The van der Waals surface area contributed by atoms with Crippen molar-refractivity contribution in [1.29, 1.82) is 0 Å². The molecule has 1 saturated carbocycles. The van der Waals surface area contributed by atoms with Crippen LogP contribution in [0.2, 0.25) is 0 Å². The van der Waals surface area contributed by atoms with Gasteiger partial charge in [0.1, 0.15) is 10.4 Å². The number of ether oxygens (including phenoxy) is 2. The Hall–Kier alpha value is -3.05. The molecule has 4 aromatic heterocycles. The molecule has 10 nitrogen and oxygen atoms in total. The summed E-state index contributed by atoms with van der Waals surface area (Å²) in [4.78, 5) is 9.54. The van der Waals surface area contributed by atoms with Crippen molar-refractivity contribution in [2.75, 3.05) is 26.1 Å². The molecule has 0 spiro atoms. The molecule has 6 rings (SSSR count). The molecule has 36 heavy (non-hydrogen) atoms. The summed E-state index contributed by atoms with van der Waals surface area (Å²) in [5.41, 5.74) is 4.71. The fourth-order valence-electron chi connectivity index (χ4n) is 5.15. The third kappa shape index (κ3) is 4.13. The first kappa shape index (κ1) is 23.4. The highest BCUT2D eigenvalue weighted by atomic mass is 32.2. The molecule has 0 N–H and O–H groups in total. The minimum absolute atomic E-state index is 0.196. The second kappa shape index (κ2) is 8.81. The number of hydrogen-bond donors (Lipinski definition) is 0. The van der Waals surface area contributed by atoms with Gasteiger partial charge in [0.05, 0.1) is 40.6 Å². The van der Waals surface area contributed by atoms with Crippen LogP contribution >= 0.6 is 0 Å². The lowest BCUT2D eigenvalue weighted by atomic mass is 10.0. The third-order valence-electron chi connectivity index (χ3n) is 7.25. The minimum atomic E-state index is -3.56. The maximum Gasteiger partial charge on any atom is 0.225 e. The van der Waals surface area contributed by atoms with Crippen LogP contribution in [-0.2, 0) is 28.2 Å². The summed E-state index contributed by atoms with van der Waals surface area (Å²) >= 11 is 0. The quantitative estimate of drug-likeness (QED) is 0.372. The molecule has 0 aromatic carbocycles. The van der Waals surface area contributed by atoms with Crippen LogP contribution in [0.4, 0.5) is 0 Å². The molecular weight excluding hydrogens is 480 g/mol. The summed E-state index contributed by atoms with van der Waals surface area (Å²) in [5.74, 6) is 1.34. The number of aryl methyl sites for hydroxylation is 2. The molecule has 190 valence electrons. The summed E-state index contributed by atoms with van der Waals surface area (Å²) in [7, 11) is -1.70. The molecule has 0 bridgehead atoms. The fraction of sp³-hybridized carbons (Fsp3) is 0.520. The van der Waals surface area contributed by atoms with Crippen LogP contribution < -0.4 is 4.74 Å². The van der Waals surface area contributed by atoms with Crippen LogP contribution in [0.15, 0.2) is 23.4 Å². The Morgan fingerprint density at radius 3 is 2.56 bits per heavy atom. The average Bonchev–Trinajstić information content (AvgIpc) is 3.56. The van der Waals surface area contributed by atoms with Gasteiger partial charge in [0, 0.05) is 44.8 Å². The molecule has 2 fully saturated rings. The second-order valence-corrected chi connectivity index (χ2v) is 12.1. The van der Waals surface area contributed by atoms with E-state index in [9.17, 15) is 8.42 Å². The Morgan fingerprint density at radius 1 is 1.11 bits per heavy atom. The first-order valence-corrected chi connectivity index (χ1v) is 14.3. The van der Waals surface area contributed by atoms with Crippen LogP contribution in [0.25, 0.3) is 33.2 Å². The van der Waals surface area contributed by atoms with E-state index in [2.05, 4.69) is 25.9 Å². The van der Waals surface area contributed by atoms with Gasteiger partial charge in [-0.2, -0.15) is 0 Å². The number of fused-ring (bicyclic) bond motifs is 3. The van der Waals surface area contributed by atoms with Crippen LogP contribution in [0.3, 0.4) is 0 Å². The van der Waals surface area contributed by atoms with Crippen LogP contribution in [-0.4, -0.2) is 64.0 Å². The monoisotopic (exact) mass is 510 g/mol. The second-order valence-electron chi connectivity index (χ2n) is 10.1. The zero-order valence-corrected chi connectivity index (χ0v) is 21.6. The number of pyridine rings is 2. The largest absolute Gasteiger partial charge is 0.477 e. The van der Waals surface area contributed by atoms with Gasteiger partial charge >= 0.3 is 0 Å². The van der Waals surface area contributed by atoms with E-state index < -0.39 is 9.84 Å². The number of rotatable bonds is 7. The van der Waals surface area contributed by atoms with E-state index in [0.29, 0.717) is 60.5 Å². The van der Waals surface area contributed by atoms with Crippen molar-refractivity contribution in [3.8, 4) is 17.1 Å². The Kier molecular flexibility index (Phi) is 5.71. The average molecular weight is 511 g/mol. The predicted octanol–water partition coefficient (Wildman–Crippen LogP) is 3.31. The summed E-state index contributed by atoms with van der Waals surface area (Å²) in [5, 5.41) is 9.00. The van der Waals surface area contributed by atoms with Gasteiger partial charge in [0.2, 0.25) is 5.88 Å². The van der Waals surface area contributed by atoms with Gasteiger partial charge in [-0.25, -0.2) is 18.1 Å². The van der Waals surface area contributed by atoms with E-state index in [-0.39, 0.29) is 4.90 Å². The molecule has 0 unspecified atom stereocenters. The van der Waals surface area contributed by atoms with E-state index >= 15 is 0 Å².